The Labute approximate surface area is 126 Å². The number of hydrogen-bond acceptors (Lipinski definition) is 3. The van der Waals surface area contributed by atoms with Crippen molar-refractivity contribution in [3.8, 4) is 0 Å². The molecule has 3 nitrogen and oxygen atoms in total. The summed E-state index contributed by atoms with van der Waals surface area (Å²) in [6, 6.07) is 7.70. The van der Waals surface area contributed by atoms with Crippen LogP contribution in [0.1, 0.15) is 5.56 Å². The summed E-state index contributed by atoms with van der Waals surface area (Å²) >= 11 is 11.7. The first kappa shape index (κ1) is 15.1. The van der Waals surface area contributed by atoms with Crippen LogP contribution in [0, 0.1) is 5.82 Å². The van der Waals surface area contributed by atoms with Crippen LogP contribution >= 0.6 is 23.2 Å². The predicted octanol–water partition coefficient (Wildman–Crippen LogP) is 3.69. The van der Waals surface area contributed by atoms with Gasteiger partial charge >= 0.3 is 0 Å². The molecule has 0 saturated heterocycles. The van der Waals surface area contributed by atoms with Gasteiger partial charge in [0.1, 0.15) is 5.82 Å². The molecule has 0 heterocycles. The van der Waals surface area contributed by atoms with Gasteiger partial charge in [-0.15, -0.1) is 0 Å². The van der Waals surface area contributed by atoms with Crippen LogP contribution in [0.5, 0.6) is 0 Å². The predicted molar refractivity (Wildman–Crippen MR) is 78.2 cm³/mol. The number of rotatable bonds is 3. The molecule has 2 aromatic carbocycles. The number of hydrogen-bond donors (Lipinski definition) is 1. The Morgan fingerprint density at radius 1 is 1.05 bits per heavy atom. The van der Waals surface area contributed by atoms with Crippen molar-refractivity contribution in [1.29, 1.82) is 0 Å². The van der Waals surface area contributed by atoms with Crippen LogP contribution in [0.3, 0.4) is 0 Å². The fourth-order valence-electron chi connectivity index (χ4n) is 1.69. The summed E-state index contributed by atoms with van der Waals surface area (Å²) in [5, 5.41) is 0.100. The standard InChI is InChI=1S/C13H10Cl2FNO2S/c14-11-5-9(16)2-1-8(11)7-20(18,19)13-4-3-10(17)6-12(13)15/h1-6H,7,17H2. The molecule has 0 aliphatic rings. The minimum atomic E-state index is -3.69. The topological polar surface area (TPSA) is 60.2 Å². The van der Waals surface area contributed by atoms with E-state index in [4.69, 9.17) is 28.9 Å². The second-order valence-corrected chi connectivity index (χ2v) is 6.96. The Morgan fingerprint density at radius 3 is 2.35 bits per heavy atom. The van der Waals surface area contributed by atoms with Gasteiger partial charge in [-0.3, -0.25) is 0 Å². The number of sulfone groups is 1. The van der Waals surface area contributed by atoms with Crippen LogP contribution < -0.4 is 5.73 Å². The monoisotopic (exact) mass is 333 g/mol. The number of anilines is 1. The third-order valence-electron chi connectivity index (χ3n) is 2.65. The molecule has 7 heteroatoms. The molecule has 0 amide bonds. The summed E-state index contributed by atoms with van der Waals surface area (Å²) in [5.41, 5.74) is 6.20. The van der Waals surface area contributed by atoms with E-state index in [1.807, 2.05) is 0 Å². The molecule has 2 rings (SSSR count). The minimum absolute atomic E-state index is 0.0336. The van der Waals surface area contributed by atoms with E-state index in [9.17, 15) is 12.8 Å². The maximum absolute atomic E-state index is 12.9. The van der Waals surface area contributed by atoms with Crippen molar-refractivity contribution in [3.05, 3.63) is 57.8 Å². The van der Waals surface area contributed by atoms with Crippen molar-refractivity contribution in [1.82, 2.24) is 0 Å². The zero-order valence-electron chi connectivity index (χ0n) is 10.1. The summed E-state index contributed by atoms with van der Waals surface area (Å²) in [7, 11) is -3.69. The Balaban J connectivity index is 2.41. The molecule has 0 atom stereocenters. The largest absolute Gasteiger partial charge is 0.399 e. The molecule has 20 heavy (non-hydrogen) atoms. The van der Waals surface area contributed by atoms with Gasteiger partial charge in [0.2, 0.25) is 0 Å². The van der Waals surface area contributed by atoms with Crippen molar-refractivity contribution >= 4 is 38.7 Å². The van der Waals surface area contributed by atoms with Crippen molar-refractivity contribution in [2.75, 3.05) is 5.73 Å². The minimum Gasteiger partial charge on any atom is -0.399 e. The maximum atomic E-state index is 12.9. The number of benzene rings is 2. The van der Waals surface area contributed by atoms with Gasteiger partial charge in [0.25, 0.3) is 0 Å². The Morgan fingerprint density at radius 2 is 1.75 bits per heavy atom. The second kappa shape index (κ2) is 5.60. The van der Waals surface area contributed by atoms with E-state index < -0.39 is 15.7 Å². The molecular weight excluding hydrogens is 324 g/mol. The van der Waals surface area contributed by atoms with Gasteiger partial charge in [0, 0.05) is 10.7 Å². The molecule has 0 aliphatic heterocycles. The quantitative estimate of drug-likeness (QED) is 0.871. The number of nitrogens with two attached hydrogens (primary N) is 1. The third-order valence-corrected chi connectivity index (χ3v) is 5.15. The molecule has 0 saturated carbocycles. The van der Waals surface area contributed by atoms with E-state index >= 15 is 0 Å². The lowest BCUT2D eigenvalue weighted by atomic mass is 10.2. The van der Waals surface area contributed by atoms with E-state index in [-0.39, 0.29) is 20.7 Å². The van der Waals surface area contributed by atoms with Gasteiger partial charge in [-0.05, 0) is 35.9 Å². The Hall–Kier alpha value is -1.30. The first-order chi connectivity index (χ1) is 9.29. The van der Waals surface area contributed by atoms with Crippen molar-refractivity contribution in [3.63, 3.8) is 0 Å². The van der Waals surface area contributed by atoms with E-state index in [1.165, 1.54) is 24.3 Å². The molecule has 0 unspecified atom stereocenters. The summed E-state index contributed by atoms with van der Waals surface area (Å²) < 4.78 is 37.5. The van der Waals surface area contributed by atoms with Crippen LogP contribution in [-0.2, 0) is 15.6 Å². The highest BCUT2D eigenvalue weighted by atomic mass is 35.5. The SMILES string of the molecule is Nc1ccc(S(=O)(=O)Cc2ccc(F)cc2Cl)c(Cl)c1. The van der Waals surface area contributed by atoms with Gasteiger partial charge in [0.05, 0.1) is 15.7 Å². The third kappa shape index (κ3) is 3.23. The number of halogens is 3. The Kier molecular flexibility index (Phi) is 4.22. The lowest BCUT2D eigenvalue weighted by Gasteiger charge is -2.08. The number of nitrogen functional groups attached to an aromatic ring is 1. The molecule has 2 N–H and O–H groups in total. The fourth-order valence-corrected chi connectivity index (χ4v) is 3.99. The average molecular weight is 334 g/mol. The molecular formula is C13H10Cl2FNO2S. The highest BCUT2D eigenvalue weighted by molar-refractivity contribution is 7.90. The maximum Gasteiger partial charge on any atom is 0.184 e. The average Bonchev–Trinajstić information content (AvgIpc) is 2.32. The van der Waals surface area contributed by atoms with Crippen molar-refractivity contribution < 1.29 is 12.8 Å². The van der Waals surface area contributed by atoms with Gasteiger partial charge in [-0.25, -0.2) is 12.8 Å². The second-order valence-electron chi connectivity index (χ2n) is 4.18. The van der Waals surface area contributed by atoms with Crippen LogP contribution in [0.25, 0.3) is 0 Å². The van der Waals surface area contributed by atoms with Gasteiger partial charge in [0.15, 0.2) is 9.84 Å². The molecule has 106 valence electrons. The Bertz CT molecular complexity index is 763. The van der Waals surface area contributed by atoms with Gasteiger partial charge in [-0.2, -0.15) is 0 Å². The fraction of sp³-hybridized carbons (Fsp3) is 0.0769. The first-order valence-corrected chi connectivity index (χ1v) is 7.92. The highest BCUT2D eigenvalue weighted by Crippen LogP contribution is 2.28. The van der Waals surface area contributed by atoms with E-state index in [0.29, 0.717) is 11.3 Å². The summed E-state index contributed by atoms with van der Waals surface area (Å²) in [5.74, 6) is -0.892. The molecule has 2 aromatic rings. The van der Waals surface area contributed by atoms with Gasteiger partial charge in [-0.1, -0.05) is 29.3 Å². The normalized spacial score (nSPS) is 11.6. The van der Waals surface area contributed by atoms with Crippen LogP contribution in [0.15, 0.2) is 41.3 Å². The summed E-state index contributed by atoms with van der Waals surface area (Å²) in [6.45, 7) is 0. The lowest BCUT2D eigenvalue weighted by Crippen LogP contribution is -2.06. The smallest absolute Gasteiger partial charge is 0.184 e. The van der Waals surface area contributed by atoms with E-state index in [0.717, 1.165) is 12.1 Å². The van der Waals surface area contributed by atoms with Crippen molar-refractivity contribution in [2.45, 2.75) is 10.6 Å². The van der Waals surface area contributed by atoms with Crippen LogP contribution in [0.2, 0.25) is 10.0 Å². The van der Waals surface area contributed by atoms with Gasteiger partial charge < -0.3 is 5.73 Å². The first-order valence-electron chi connectivity index (χ1n) is 5.51. The zero-order chi connectivity index (χ0) is 14.9. The molecule has 0 bridgehead atoms. The molecule has 0 radical (unpaired) electrons. The molecule has 0 aromatic heterocycles. The highest BCUT2D eigenvalue weighted by Gasteiger charge is 2.20. The van der Waals surface area contributed by atoms with E-state index in [2.05, 4.69) is 0 Å². The van der Waals surface area contributed by atoms with Crippen LogP contribution in [0.4, 0.5) is 10.1 Å². The van der Waals surface area contributed by atoms with Crippen LogP contribution in [-0.4, -0.2) is 8.42 Å². The molecule has 0 fully saturated rings. The zero-order valence-corrected chi connectivity index (χ0v) is 12.4. The summed E-state index contributed by atoms with van der Waals surface area (Å²) in [4.78, 5) is -0.0336. The molecule has 0 aliphatic carbocycles. The van der Waals surface area contributed by atoms with E-state index in [1.54, 1.807) is 0 Å². The molecule has 0 spiro atoms. The summed E-state index contributed by atoms with van der Waals surface area (Å²) in [6.07, 6.45) is 0. The van der Waals surface area contributed by atoms with Crippen molar-refractivity contribution in [2.24, 2.45) is 0 Å². The lowest BCUT2D eigenvalue weighted by molar-refractivity contribution is 0.595.